The van der Waals surface area contributed by atoms with E-state index in [4.69, 9.17) is 15.0 Å². The molecule has 0 radical (unpaired) electrons. The van der Waals surface area contributed by atoms with Crippen LogP contribution in [0.5, 0.6) is 0 Å². The molecule has 4 bridgehead atoms. The maximum atomic E-state index is 5.40. The Hall–Kier alpha value is -5.19. The molecule has 5 aliphatic carbocycles. The zero-order valence-electron chi connectivity index (χ0n) is 28.2. The Labute approximate surface area is 301 Å². The van der Waals surface area contributed by atoms with Crippen LogP contribution in [0, 0.1) is 23.7 Å². The summed E-state index contributed by atoms with van der Waals surface area (Å²) in [5.41, 5.74) is 9.06. The number of thiophene rings is 1. The lowest BCUT2D eigenvalue weighted by Gasteiger charge is -2.61. The number of hydrogen-bond donors (Lipinski definition) is 0. The van der Waals surface area contributed by atoms with Crippen LogP contribution < -0.4 is 0 Å². The van der Waals surface area contributed by atoms with Crippen LogP contribution >= 0.6 is 11.3 Å². The number of aromatic nitrogens is 3. The van der Waals surface area contributed by atoms with Gasteiger partial charge in [-0.1, -0.05) is 115 Å². The van der Waals surface area contributed by atoms with Gasteiger partial charge in [0.05, 0.1) is 0 Å². The first-order chi connectivity index (χ1) is 25.2. The van der Waals surface area contributed by atoms with E-state index in [0.717, 1.165) is 40.2 Å². The third-order valence-electron chi connectivity index (χ3n) is 13.1. The second-order valence-electron chi connectivity index (χ2n) is 15.6. The van der Waals surface area contributed by atoms with E-state index in [2.05, 4.69) is 127 Å². The molecule has 0 N–H and O–H groups in total. The van der Waals surface area contributed by atoms with E-state index in [-0.39, 0.29) is 5.41 Å². The van der Waals surface area contributed by atoms with Gasteiger partial charge in [-0.3, -0.25) is 0 Å². The highest BCUT2D eigenvalue weighted by atomic mass is 32.1. The van der Waals surface area contributed by atoms with Crippen LogP contribution in [0.15, 0.2) is 127 Å². The van der Waals surface area contributed by atoms with Gasteiger partial charge in [0.1, 0.15) is 0 Å². The molecule has 0 amide bonds. The predicted molar refractivity (Wildman–Crippen MR) is 210 cm³/mol. The smallest absolute Gasteiger partial charge is 0.164 e. The highest BCUT2D eigenvalue weighted by Gasteiger charge is 2.62. The largest absolute Gasteiger partial charge is 0.208 e. The molecule has 8 aromatic rings. The molecule has 6 aromatic carbocycles. The van der Waals surface area contributed by atoms with Crippen LogP contribution in [0.4, 0.5) is 0 Å². The van der Waals surface area contributed by atoms with Crippen molar-refractivity contribution in [3.8, 4) is 45.3 Å². The molecule has 51 heavy (non-hydrogen) atoms. The summed E-state index contributed by atoms with van der Waals surface area (Å²) in [6.45, 7) is 0. The lowest BCUT2D eigenvalue weighted by Crippen LogP contribution is -2.55. The molecule has 13 rings (SSSR count). The summed E-state index contributed by atoms with van der Waals surface area (Å²) in [7, 11) is 0. The molecule has 3 nitrogen and oxygen atoms in total. The van der Waals surface area contributed by atoms with Gasteiger partial charge < -0.3 is 0 Å². The minimum atomic E-state index is 0.0580. The summed E-state index contributed by atoms with van der Waals surface area (Å²) >= 11 is 1.83. The van der Waals surface area contributed by atoms with Gasteiger partial charge in [0.15, 0.2) is 17.5 Å². The van der Waals surface area contributed by atoms with Crippen molar-refractivity contribution < 1.29 is 0 Å². The number of fused-ring (bicyclic) bond motifs is 8. The van der Waals surface area contributed by atoms with Crippen molar-refractivity contribution in [3.63, 3.8) is 0 Å². The minimum absolute atomic E-state index is 0.0580. The predicted octanol–water partition coefficient (Wildman–Crippen LogP) is 12.1. The average molecular weight is 674 g/mol. The molecule has 2 heterocycles. The zero-order chi connectivity index (χ0) is 33.3. The van der Waals surface area contributed by atoms with Crippen LogP contribution in [0.2, 0.25) is 0 Å². The summed E-state index contributed by atoms with van der Waals surface area (Å²) in [4.78, 5) is 15.9. The minimum Gasteiger partial charge on any atom is -0.208 e. The van der Waals surface area contributed by atoms with Crippen molar-refractivity contribution >= 4 is 42.3 Å². The quantitative estimate of drug-likeness (QED) is 0.187. The summed E-state index contributed by atoms with van der Waals surface area (Å²) < 4.78 is 2.55. The van der Waals surface area contributed by atoms with E-state index in [9.17, 15) is 0 Å². The molecular weight excluding hydrogens is 639 g/mol. The fraction of sp³-hybridized carbons (Fsp3) is 0.213. The molecule has 4 heteroatoms. The zero-order valence-corrected chi connectivity index (χ0v) is 29.0. The molecule has 1 spiro atoms. The number of benzene rings is 6. The second kappa shape index (κ2) is 10.4. The fourth-order valence-electron chi connectivity index (χ4n) is 11.4. The van der Waals surface area contributed by atoms with Crippen molar-refractivity contribution in [2.24, 2.45) is 23.7 Å². The van der Waals surface area contributed by atoms with Gasteiger partial charge in [0.25, 0.3) is 0 Å². The van der Waals surface area contributed by atoms with E-state index in [1.807, 2.05) is 11.3 Å². The van der Waals surface area contributed by atoms with Crippen molar-refractivity contribution in [1.82, 2.24) is 15.0 Å². The Bertz CT molecular complexity index is 2700. The Morgan fingerprint density at radius 3 is 1.96 bits per heavy atom. The standard InChI is InChI=1S/C47H35N3S/c1-2-10-30(11-3-1)44-48-45(31-17-19-36-35-13-6-7-16-40(35)51-41(36)26-31)50-46(49-44)37-14-8-15-38-43(37)42-34-12-5-4-9-29(34)18-20-39(42)47(38)32-22-27-21-28(24-32)25-33(47)23-27/h1-20,26-28,32-33H,21-25H2. The Balaban J connectivity index is 1.13. The maximum Gasteiger partial charge on any atom is 0.164 e. The van der Waals surface area contributed by atoms with Crippen molar-refractivity contribution in [1.29, 1.82) is 0 Å². The van der Waals surface area contributed by atoms with Crippen LogP contribution in [0.1, 0.15) is 43.2 Å². The third-order valence-corrected chi connectivity index (χ3v) is 14.2. The normalized spacial score (nSPS) is 24.2. The van der Waals surface area contributed by atoms with Crippen molar-refractivity contribution in [2.75, 3.05) is 0 Å². The third kappa shape index (κ3) is 3.92. The van der Waals surface area contributed by atoms with Gasteiger partial charge in [0, 0.05) is 42.3 Å². The summed E-state index contributed by atoms with van der Waals surface area (Å²) in [5, 5.41) is 5.23. The average Bonchev–Trinajstić information content (AvgIpc) is 3.70. The number of rotatable bonds is 3. The van der Waals surface area contributed by atoms with Crippen molar-refractivity contribution in [2.45, 2.75) is 37.5 Å². The topological polar surface area (TPSA) is 38.7 Å². The lowest BCUT2D eigenvalue weighted by atomic mass is 9.43. The molecule has 0 aliphatic heterocycles. The molecule has 4 fully saturated rings. The van der Waals surface area contributed by atoms with E-state index in [1.165, 1.54) is 79.7 Å². The van der Waals surface area contributed by atoms with Crippen molar-refractivity contribution in [3.05, 3.63) is 139 Å². The summed E-state index contributed by atoms with van der Waals surface area (Å²) in [6.07, 6.45) is 6.88. The highest BCUT2D eigenvalue weighted by Crippen LogP contribution is 2.70. The summed E-state index contributed by atoms with van der Waals surface area (Å²) in [5.74, 6) is 5.35. The first kappa shape index (κ1) is 28.5. The first-order valence-corrected chi connectivity index (χ1v) is 19.4. The molecule has 0 saturated heterocycles. The van der Waals surface area contributed by atoms with Gasteiger partial charge in [-0.25, -0.2) is 15.0 Å². The Morgan fingerprint density at radius 1 is 0.471 bits per heavy atom. The van der Waals surface area contributed by atoms with Gasteiger partial charge in [-0.15, -0.1) is 11.3 Å². The van der Waals surface area contributed by atoms with Gasteiger partial charge in [-0.2, -0.15) is 0 Å². The fourth-order valence-corrected chi connectivity index (χ4v) is 12.5. The van der Waals surface area contributed by atoms with E-state index >= 15 is 0 Å². The Kier molecular flexibility index (Phi) is 5.83. The molecule has 4 saturated carbocycles. The molecule has 0 atom stereocenters. The van der Waals surface area contributed by atoms with Gasteiger partial charge >= 0.3 is 0 Å². The van der Waals surface area contributed by atoms with Crippen LogP contribution in [0.3, 0.4) is 0 Å². The monoisotopic (exact) mass is 673 g/mol. The van der Waals surface area contributed by atoms with Crippen LogP contribution in [0.25, 0.3) is 76.2 Å². The maximum absolute atomic E-state index is 5.40. The van der Waals surface area contributed by atoms with Gasteiger partial charge in [0.2, 0.25) is 0 Å². The number of nitrogens with zero attached hydrogens (tertiary/aromatic N) is 3. The molecule has 0 unspecified atom stereocenters. The first-order valence-electron chi connectivity index (χ1n) is 18.6. The molecular formula is C47H35N3S. The molecule has 244 valence electrons. The van der Waals surface area contributed by atoms with E-state index in [1.54, 1.807) is 5.56 Å². The van der Waals surface area contributed by atoms with Gasteiger partial charge in [-0.05, 0) is 101 Å². The SMILES string of the molecule is c1ccc(-c2nc(-c3ccc4c(c3)sc3ccccc34)nc(-c3cccc4c3-c3c(ccc5ccccc35)C43C4CC5CC(C4)CC3C5)n2)cc1. The second-order valence-corrected chi connectivity index (χ2v) is 16.7. The Morgan fingerprint density at radius 2 is 1.14 bits per heavy atom. The van der Waals surface area contributed by atoms with E-state index < -0.39 is 0 Å². The van der Waals surface area contributed by atoms with Crippen LogP contribution in [-0.2, 0) is 5.41 Å². The number of hydrogen-bond acceptors (Lipinski definition) is 4. The highest BCUT2D eigenvalue weighted by molar-refractivity contribution is 7.25. The molecule has 2 aromatic heterocycles. The van der Waals surface area contributed by atoms with Crippen LogP contribution in [-0.4, -0.2) is 15.0 Å². The molecule has 5 aliphatic rings. The van der Waals surface area contributed by atoms with E-state index in [0.29, 0.717) is 17.7 Å². The summed E-state index contributed by atoms with van der Waals surface area (Å²) in [6, 6.07) is 46.8. The lowest BCUT2D eigenvalue weighted by molar-refractivity contribution is -0.0399.